The average molecular weight is 189 g/mol. The Morgan fingerprint density at radius 2 is 1.92 bits per heavy atom. The van der Waals surface area contributed by atoms with E-state index in [1.807, 2.05) is 12.1 Å². The normalized spacial score (nSPS) is 12.5. The lowest BCUT2D eigenvalue weighted by Gasteiger charge is -2.24. The summed E-state index contributed by atoms with van der Waals surface area (Å²) in [5.41, 5.74) is 0.0195. The third-order valence-electron chi connectivity index (χ3n) is 2.27. The van der Waals surface area contributed by atoms with Gasteiger partial charge in [-0.25, -0.2) is 0 Å². The van der Waals surface area contributed by atoms with Crippen molar-refractivity contribution in [2.45, 2.75) is 39.2 Å². The fourth-order valence-electron chi connectivity index (χ4n) is 0.829. The second kappa shape index (κ2) is 6.35. The summed E-state index contributed by atoms with van der Waals surface area (Å²) in [6, 6.07) is 0. The van der Waals surface area contributed by atoms with E-state index < -0.39 is 0 Å². The maximum absolute atomic E-state index is 5.69. The molecule has 0 bridgehead atoms. The lowest BCUT2D eigenvalue weighted by atomic mass is 10.1. The van der Waals surface area contributed by atoms with Gasteiger partial charge >= 0.3 is 0 Å². The Morgan fingerprint density at radius 1 is 1.31 bits per heavy atom. The number of ether oxygens (including phenoxy) is 1. The van der Waals surface area contributed by atoms with E-state index in [0.717, 1.165) is 26.0 Å². The van der Waals surface area contributed by atoms with Gasteiger partial charge < -0.3 is 9.57 Å². The van der Waals surface area contributed by atoms with Crippen LogP contribution in [-0.2, 0) is 9.57 Å². The minimum atomic E-state index is 0.0195. The van der Waals surface area contributed by atoms with E-state index >= 15 is 0 Å². The van der Waals surface area contributed by atoms with Crippen LogP contribution in [-0.4, -0.2) is 38.0 Å². The summed E-state index contributed by atoms with van der Waals surface area (Å²) in [6.07, 6.45) is 2.06. The molecule has 3 heteroatoms. The molecule has 0 saturated heterocycles. The SMILES string of the molecule is CCC(C)(C)OCCCN(C)OC. The zero-order chi connectivity index (χ0) is 10.3. The second-order valence-electron chi connectivity index (χ2n) is 3.85. The van der Waals surface area contributed by atoms with E-state index in [0.29, 0.717) is 0 Å². The van der Waals surface area contributed by atoms with Crippen LogP contribution in [0.2, 0.25) is 0 Å². The Kier molecular flexibility index (Phi) is 6.29. The highest BCUT2D eigenvalue weighted by Gasteiger charge is 2.14. The minimum absolute atomic E-state index is 0.0195. The molecular weight excluding hydrogens is 166 g/mol. The molecule has 0 aliphatic rings. The second-order valence-corrected chi connectivity index (χ2v) is 3.85. The molecule has 0 aromatic rings. The third kappa shape index (κ3) is 6.99. The number of hydrogen-bond donors (Lipinski definition) is 0. The first-order valence-corrected chi connectivity index (χ1v) is 4.91. The molecule has 0 atom stereocenters. The Hall–Kier alpha value is -0.120. The standard InChI is InChI=1S/C10H23NO2/c1-6-10(2,3)13-9-7-8-11(4)12-5/h6-9H2,1-5H3. The van der Waals surface area contributed by atoms with Crippen LogP contribution >= 0.6 is 0 Å². The fourth-order valence-corrected chi connectivity index (χ4v) is 0.829. The van der Waals surface area contributed by atoms with Gasteiger partial charge in [0.25, 0.3) is 0 Å². The smallest absolute Gasteiger partial charge is 0.0623 e. The van der Waals surface area contributed by atoms with E-state index in [1.54, 1.807) is 7.11 Å². The van der Waals surface area contributed by atoms with Gasteiger partial charge in [0.1, 0.15) is 0 Å². The van der Waals surface area contributed by atoms with Crippen molar-refractivity contribution in [2.75, 3.05) is 27.3 Å². The highest BCUT2D eigenvalue weighted by molar-refractivity contribution is 4.64. The van der Waals surface area contributed by atoms with E-state index in [1.165, 1.54) is 0 Å². The molecule has 13 heavy (non-hydrogen) atoms. The van der Waals surface area contributed by atoms with Crippen molar-refractivity contribution in [1.29, 1.82) is 0 Å². The lowest BCUT2D eigenvalue weighted by molar-refractivity contribution is -0.115. The zero-order valence-corrected chi connectivity index (χ0v) is 9.59. The monoisotopic (exact) mass is 189 g/mol. The van der Waals surface area contributed by atoms with Gasteiger partial charge in [0.2, 0.25) is 0 Å². The zero-order valence-electron chi connectivity index (χ0n) is 9.59. The average Bonchev–Trinajstić information content (AvgIpc) is 2.12. The quantitative estimate of drug-likeness (QED) is 0.452. The summed E-state index contributed by atoms with van der Waals surface area (Å²) in [5.74, 6) is 0. The van der Waals surface area contributed by atoms with E-state index in [-0.39, 0.29) is 5.60 Å². The predicted octanol–water partition coefficient (Wildman–Crippen LogP) is 2.07. The minimum Gasteiger partial charge on any atom is -0.376 e. The first-order valence-electron chi connectivity index (χ1n) is 4.91. The largest absolute Gasteiger partial charge is 0.376 e. The van der Waals surface area contributed by atoms with Crippen LogP contribution in [0.4, 0.5) is 0 Å². The van der Waals surface area contributed by atoms with Crippen molar-refractivity contribution in [3.05, 3.63) is 0 Å². The van der Waals surface area contributed by atoms with Gasteiger partial charge in [-0.05, 0) is 26.7 Å². The number of hydroxylamine groups is 2. The van der Waals surface area contributed by atoms with Crippen molar-refractivity contribution < 1.29 is 9.57 Å². The predicted molar refractivity (Wildman–Crippen MR) is 54.6 cm³/mol. The van der Waals surface area contributed by atoms with Crippen LogP contribution in [0.1, 0.15) is 33.6 Å². The molecule has 0 aliphatic heterocycles. The molecule has 0 saturated carbocycles. The molecule has 0 rings (SSSR count). The highest BCUT2D eigenvalue weighted by Crippen LogP contribution is 2.13. The molecule has 0 aromatic heterocycles. The topological polar surface area (TPSA) is 21.7 Å². The summed E-state index contributed by atoms with van der Waals surface area (Å²) < 4.78 is 5.69. The van der Waals surface area contributed by atoms with Crippen molar-refractivity contribution >= 4 is 0 Å². The summed E-state index contributed by atoms with van der Waals surface area (Å²) in [7, 11) is 3.60. The third-order valence-corrected chi connectivity index (χ3v) is 2.27. The van der Waals surface area contributed by atoms with Gasteiger partial charge in [-0.15, -0.1) is 0 Å². The first kappa shape index (κ1) is 12.9. The summed E-state index contributed by atoms with van der Waals surface area (Å²) in [5, 5.41) is 1.81. The summed E-state index contributed by atoms with van der Waals surface area (Å²) >= 11 is 0. The van der Waals surface area contributed by atoms with Crippen LogP contribution in [0.15, 0.2) is 0 Å². The molecule has 0 spiro atoms. The molecule has 80 valence electrons. The Morgan fingerprint density at radius 3 is 2.38 bits per heavy atom. The van der Waals surface area contributed by atoms with Gasteiger partial charge in [-0.1, -0.05) is 6.92 Å². The molecule has 0 amide bonds. The molecule has 0 N–H and O–H groups in total. The number of hydrogen-bond acceptors (Lipinski definition) is 3. The van der Waals surface area contributed by atoms with Gasteiger partial charge in [-0.3, -0.25) is 0 Å². The van der Waals surface area contributed by atoms with Crippen LogP contribution in [0.3, 0.4) is 0 Å². The molecule has 0 radical (unpaired) electrons. The molecule has 0 fully saturated rings. The summed E-state index contributed by atoms with van der Waals surface area (Å²) in [6.45, 7) is 8.09. The molecular formula is C10H23NO2. The molecule has 3 nitrogen and oxygen atoms in total. The van der Waals surface area contributed by atoms with Gasteiger partial charge in [-0.2, -0.15) is 5.06 Å². The Balaban J connectivity index is 3.35. The molecule has 0 heterocycles. The van der Waals surface area contributed by atoms with Crippen LogP contribution in [0.5, 0.6) is 0 Å². The van der Waals surface area contributed by atoms with Crippen molar-refractivity contribution in [3.63, 3.8) is 0 Å². The number of rotatable bonds is 7. The maximum atomic E-state index is 5.69. The summed E-state index contributed by atoms with van der Waals surface area (Å²) in [4.78, 5) is 4.99. The number of nitrogens with zero attached hydrogens (tertiary/aromatic N) is 1. The molecule has 0 unspecified atom stereocenters. The molecule has 0 aromatic carbocycles. The lowest BCUT2D eigenvalue weighted by Crippen LogP contribution is -2.25. The Labute approximate surface area is 82.0 Å². The van der Waals surface area contributed by atoms with E-state index in [9.17, 15) is 0 Å². The van der Waals surface area contributed by atoms with E-state index in [4.69, 9.17) is 9.57 Å². The maximum Gasteiger partial charge on any atom is 0.0623 e. The van der Waals surface area contributed by atoms with Gasteiger partial charge in [0.05, 0.1) is 12.7 Å². The van der Waals surface area contributed by atoms with Gasteiger partial charge in [0, 0.05) is 20.2 Å². The van der Waals surface area contributed by atoms with Crippen LogP contribution in [0.25, 0.3) is 0 Å². The first-order chi connectivity index (χ1) is 6.02. The Bertz CT molecular complexity index is 126. The van der Waals surface area contributed by atoms with E-state index in [2.05, 4.69) is 20.8 Å². The molecule has 0 aliphatic carbocycles. The van der Waals surface area contributed by atoms with Crippen molar-refractivity contribution in [2.24, 2.45) is 0 Å². The van der Waals surface area contributed by atoms with Gasteiger partial charge in [0.15, 0.2) is 0 Å². The highest BCUT2D eigenvalue weighted by atomic mass is 16.7. The van der Waals surface area contributed by atoms with Crippen LogP contribution in [0, 0.1) is 0 Å². The van der Waals surface area contributed by atoms with Crippen molar-refractivity contribution in [1.82, 2.24) is 5.06 Å². The fraction of sp³-hybridized carbons (Fsp3) is 1.00. The van der Waals surface area contributed by atoms with Crippen LogP contribution < -0.4 is 0 Å². The van der Waals surface area contributed by atoms with Crippen molar-refractivity contribution in [3.8, 4) is 0 Å².